The second-order valence-electron chi connectivity index (χ2n) is 3.02. The van der Waals surface area contributed by atoms with Gasteiger partial charge in [0.05, 0.1) is 11.9 Å². The molecular weight excluding hydrogens is 235 g/mol. The van der Waals surface area contributed by atoms with Gasteiger partial charge in [0.2, 0.25) is 0 Å². The van der Waals surface area contributed by atoms with Crippen LogP contribution in [0.4, 0.5) is 13.2 Å². The topological polar surface area (TPSA) is 53.2 Å². The highest BCUT2D eigenvalue weighted by Crippen LogP contribution is 2.25. The molecule has 0 atom stereocenters. The Bertz CT molecular complexity index is 365. The van der Waals surface area contributed by atoms with Gasteiger partial charge in [-0.15, -0.1) is 0 Å². The molecule has 0 saturated heterocycles. The zero-order valence-corrected chi connectivity index (χ0v) is 9.70. The first-order valence-electron chi connectivity index (χ1n) is 4.68. The average molecular weight is 249 g/mol. The SMILES string of the molecule is CNC(/C=C(\C)C(F)(F)F)=C(\NC)NC=C=O. The van der Waals surface area contributed by atoms with Crippen LogP contribution in [0.1, 0.15) is 6.92 Å². The van der Waals surface area contributed by atoms with Crippen molar-refractivity contribution in [2.45, 2.75) is 13.1 Å². The molecule has 0 saturated carbocycles. The van der Waals surface area contributed by atoms with Crippen LogP contribution in [0.15, 0.2) is 29.4 Å². The largest absolute Gasteiger partial charge is 0.412 e. The van der Waals surface area contributed by atoms with E-state index in [1.807, 2.05) is 0 Å². The van der Waals surface area contributed by atoms with Gasteiger partial charge in [-0.25, -0.2) is 4.79 Å². The van der Waals surface area contributed by atoms with E-state index in [9.17, 15) is 18.0 Å². The van der Waals surface area contributed by atoms with E-state index >= 15 is 0 Å². The van der Waals surface area contributed by atoms with Gasteiger partial charge in [0.25, 0.3) is 0 Å². The molecule has 7 heteroatoms. The molecule has 0 aromatic rings. The Morgan fingerprint density at radius 1 is 1.24 bits per heavy atom. The fraction of sp³-hybridized carbons (Fsp3) is 0.400. The maximum Gasteiger partial charge on any atom is 0.412 e. The first-order chi connectivity index (χ1) is 7.86. The van der Waals surface area contributed by atoms with Gasteiger partial charge >= 0.3 is 6.18 Å². The lowest BCUT2D eigenvalue weighted by atomic mass is 10.2. The van der Waals surface area contributed by atoms with Crippen molar-refractivity contribution in [2.24, 2.45) is 0 Å². The molecule has 0 rings (SSSR count). The summed E-state index contributed by atoms with van der Waals surface area (Å²) in [5, 5.41) is 7.69. The van der Waals surface area contributed by atoms with E-state index in [0.29, 0.717) is 0 Å². The highest BCUT2D eigenvalue weighted by atomic mass is 19.4. The number of alkyl halides is 3. The molecule has 0 amide bonds. The molecule has 0 aliphatic rings. The molecule has 0 fully saturated rings. The molecule has 96 valence electrons. The molecule has 0 aromatic heterocycles. The van der Waals surface area contributed by atoms with Crippen LogP contribution in [0, 0.1) is 0 Å². The predicted molar refractivity (Wildman–Crippen MR) is 58.4 cm³/mol. The molecular formula is C10H14F3N3O. The quantitative estimate of drug-likeness (QED) is 0.503. The minimum Gasteiger partial charge on any atom is -0.385 e. The Morgan fingerprint density at radius 3 is 2.18 bits per heavy atom. The van der Waals surface area contributed by atoms with E-state index < -0.39 is 11.7 Å². The monoisotopic (exact) mass is 249 g/mol. The van der Waals surface area contributed by atoms with E-state index in [1.165, 1.54) is 20.0 Å². The number of nitrogens with one attached hydrogen (secondary N) is 3. The van der Waals surface area contributed by atoms with Crippen LogP contribution in [0.2, 0.25) is 0 Å². The van der Waals surface area contributed by atoms with E-state index in [1.54, 1.807) is 0 Å². The second kappa shape index (κ2) is 6.65. The smallest absolute Gasteiger partial charge is 0.385 e. The third-order valence-electron chi connectivity index (χ3n) is 1.87. The Morgan fingerprint density at radius 2 is 1.82 bits per heavy atom. The van der Waals surface area contributed by atoms with E-state index in [0.717, 1.165) is 19.2 Å². The van der Waals surface area contributed by atoms with E-state index in [4.69, 9.17) is 0 Å². The maximum absolute atomic E-state index is 12.3. The minimum absolute atomic E-state index is 0.175. The predicted octanol–water partition coefficient (Wildman–Crippen LogP) is 1.04. The van der Waals surface area contributed by atoms with E-state index in [2.05, 4.69) is 16.0 Å². The molecule has 3 N–H and O–H groups in total. The van der Waals surface area contributed by atoms with Crippen molar-refractivity contribution in [3.63, 3.8) is 0 Å². The summed E-state index contributed by atoms with van der Waals surface area (Å²) in [7, 11) is 2.98. The Balaban J connectivity index is 5.28. The van der Waals surface area contributed by atoms with Crippen LogP contribution in [-0.4, -0.2) is 26.2 Å². The highest BCUT2D eigenvalue weighted by Gasteiger charge is 2.30. The lowest BCUT2D eigenvalue weighted by Crippen LogP contribution is -2.25. The molecule has 0 bridgehead atoms. The summed E-state index contributed by atoms with van der Waals surface area (Å²) in [5.74, 6) is 1.70. The zero-order chi connectivity index (χ0) is 13.5. The van der Waals surface area contributed by atoms with Crippen molar-refractivity contribution >= 4 is 5.94 Å². The minimum atomic E-state index is -4.39. The molecule has 0 radical (unpaired) electrons. The summed E-state index contributed by atoms with van der Waals surface area (Å²) >= 11 is 0. The number of rotatable bonds is 5. The molecule has 0 spiro atoms. The lowest BCUT2D eigenvalue weighted by Gasteiger charge is -2.13. The number of allylic oxidation sites excluding steroid dienone is 2. The highest BCUT2D eigenvalue weighted by molar-refractivity contribution is 5.45. The summed E-state index contributed by atoms with van der Waals surface area (Å²) in [4.78, 5) is 10.0. The molecule has 0 heterocycles. The van der Waals surface area contributed by atoms with Gasteiger partial charge in [0.1, 0.15) is 11.8 Å². The van der Waals surface area contributed by atoms with Crippen molar-refractivity contribution in [1.29, 1.82) is 0 Å². The normalized spacial score (nSPS) is 13.4. The molecule has 0 aromatic carbocycles. The fourth-order valence-electron chi connectivity index (χ4n) is 0.954. The van der Waals surface area contributed by atoms with Crippen molar-refractivity contribution < 1.29 is 18.0 Å². The summed E-state index contributed by atoms with van der Waals surface area (Å²) in [5.41, 5.74) is -0.583. The Labute approximate surface area is 97.3 Å². The van der Waals surface area contributed by atoms with Gasteiger partial charge in [0.15, 0.2) is 0 Å². The summed E-state index contributed by atoms with van der Waals surface area (Å²) in [6.07, 6.45) is -2.52. The third-order valence-corrected chi connectivity index (χ3v) is 1.87. The Kier molecular flexibility index (Phi) is 5.91. The van der Waals surface area contributed by atoms with Crippen LogP contribution >= 0.6 is 0 Å². The van der Waals surface area contributed by atoms with E-state index in [-0.39, 0.29) is 11.5 Å². The molecule has 17 heavy (non-hydrogen) atoms. The number of halogens is 3. The summed E-state index contributed by atoms with van der Waals surface area (Å²) in [6.45, 7) is 0.959. The van der Waals surface area contributed by atoms with Gasteiger partial charge in [0, 0.05) is 19.7 Å². The van der Waals surface area contributed by atoms with Crippen LogP contribution < -0.4 is 16.0 Å². The second-order valence-corrected chi connectivity index (χ2v) is 3.02. The maximum atomic E-state index is 12.3. The van der Waals surface area contributed by atoms with Gasteiger partial charge in [-0.1, -0.05) is 0 Å². The summed E-state index contributed by atoms with van der Waals surface area (Å²) in [6, 6.07) is 0. The number of hydrogen-bond donors (Lipinski definition) is 3. The van der Waals surface area contributed by atoms with Gasteiger partial charge in [-0.2, -0.15) is 13.2 Å². The molecule has 0 unspecified atom stereocenters. The van der Waals surface area contributed by atoms with Crippen LogP contribution in [0.3, 0.4) is 0 Å². The first kappa shape index (κ1) is 15.1. The molecule has 4 nitrogen and oxygen atoms in total. The van der Waals surface area contributed by atoms with Crippen LogP contribution in [0.25, 0.3) is 0 Å². The Hall–Kier alpha value is -1.88. The third kappa shape index (κ3) is 5.12. The van der Waals surface area contributed by atoms with Crippen molar-refractivity contribution in [1.82, 2.24) is 16.0 Å². The molecule has 0 aliphatic carbocycles. The van der Waals surface area contributed by atoms with Crippen molar-refractivity contribution in [3.05, 3.63) is 29.4 Å². The van der Waals surface area contributed by atoms with Gasteiger partial charge in [-0.05, 0) is 13.0 Å². The lowest BCUT2D eigenvalue weighted by molar-refractivity contribution is -0.0913. The standard InChI is InChI=1S/C10H14F3N3O/c1-7(10(11,12)13)6-8(14-2)9(15-3)16-4-5-17/h4,6,14-16H,1-3H3/b7-6+,9-8+. The number of likely N-dealkylation sites (N-methyl/N-ethyl adjacent to an activating group) is 1. The van der Waals surface area contributed by atoms with Crippen LogP contribution in [0.5, 0.6) is 0 Å². The number of hydrogen-bond acceptors (Lipinski definition) is 4. The van der Waals surface area contributed by atoms with Crippen molar-refractivity contribution in [3.8, 4) is 0 Å². The van der Waals surface area contributed by atoms with Gasteiger partial charge < -0.3 is 16.0 Å². The van der Waals surface area contributed by atoms with Gasteiger partial charge in [-0.3, -0.25) is 0 Å². The molecule has 0 aliphatic heterocycles. The fourth-order valence-corrected chi connectivity index (χ4v) is 0.954. The first-order valence-corrected chi connectivity index (χ1v) is 4.68. The zero-order valence-electron chi connectivity index (χ0n) is 9.70. The van der Waals surface area contributed by atoms with Crippen molar-refractivity contribution in [2.75, 3.05) is 14.1 Å². The number of carbonyl (C=O) groups excluding carboxylic acids is 1. The van der Waals surface area contributed by atoms with Crippen LogP contribution in [-0.2, 0) is 4.79 Å². The average Bonchev–Trinajstić information content (AvgIpc) is 2.26. The summed E-state index contributed by atoms with van der Waals surface area (Å²) < 4.78 is 37.0.